The third-order valence-corrected chi connectivity index (χ3v) is 5.80. The zero-order chi connectivity index (χ0) is 24.3. The van der Waals surface area contributed by atoms with Crippen molar-refractivity contribution in [2.24, 2.45) is 0 Å². The number of nitrogens with zero attached hydrogens (tertiary/aromatic N) is 4. The predicted molar refractivity (Wildman–Crippen MR) is 127 cm³/mol. The van der Waals surface area contributed by atoms with Gasteiger partial charge < -0.3 is 30.1 Å². The first-order valence-corrected chi connectivity index (χ1v) is 13.0. The minimum atomic E-state index is -4.01. The third-order valence-electron chi connectivity index (χ3n) is 3.71. The SMILES string of the molecule is O=P([O-])(Nc1ccccn1)Nc1ccccn1.O=P([O-])(Nc1ccccn1)Nc1ccccn1.[Zn+2]. The van der Waals surface area contributed by atoms with E-state index in [9.17, 15) is 18.9 Å². The van der Waals surface area contributed by atoms with Crippen LogP contribution in [0.1, 0.15) is 0 Å². The second kappa shape index (κ2) is 13.6. The molecule has 0 atom stereocenters. The second-order valence-corrected chi connectivity index (χ2v) is 9.51. The quantitative estimate of drug-likeness (QED) is 0.182. The zero-order valence-electron chi connectivity index (χ0n) is 18.3. The number of hydrogen-bond acceptors (Lipinski definition) is 8. The van der Waals surface area contributed by atoms with Gasteiger partial charge in [-0.3, -0.25) is 9.13 Å². The molecular formula is C20H20N8O4P2Zn. The molecule has 0 aliphatic heterocycles. The van der Waals surface area contributed by atoms with Crippen molar-refractivity contribution in [3.05, 3.63) is 97.6 Å². The first-order chi connectivity index (χ1) is 16.3. The topological polar surface area (TPSA) is 180 Å². The van der Waals surface area contributed by atoms with Crippen LogP contribution in [0.2, 0.25) is 0 Å². The Bertz CT molecular complexity index is 1060. The van der Waals surface area contributed by atoms with Crippen molar-refractivity contribution >= 4 is 38.6 Å². The van der Waals surface area contributed by atoms with Gasteiger partial charge in [-0.2, -0.15) is 0 Å². The molecule has 35 heavy (non-hydrogen) atoms. The molecule has 0 amide bonds. The van der Waals surface area contributed by atoms with Gasteiger partial charge in [0.25, 0.3) is 0 Å². The molecule has 4 aromatic heterocycles. The summed E-state index contributed by atoms with van der Waals surface area (Å²) in [7, 11) is -8.02. The van der Waals surface area contributed by atoms with E-state index in [1.165, 1.54) is 24.8 Å². The Labute approximate surface area is 214 Å². The van der Waals surface area contributed by atoms with Crippen molar-refractivity contribution < 1.29 is 38.4 Å². The fourth-order valence-corrected chi connectivity index (χ4v) is 4.22. The molecule has 0 aliphatic carbocycles. The number of rotatable bonds is 8. The summed E-state index contributed by atoms with van der Waals surface area (Å²) < 4.78 is 23.4. The molecule has 0 fully saturated rings. The summed E-state index contributed by atoms with van der Waals surface area (Å²) in [5.74, 6) is 1.03. The minimum absolute atomic E-state index is 0. The van der Waals surface area contributed by atoms with Gasteiger partial charge in [-0.1, -0.05) is 24.3 Å². The van der Waals surface area contributed by atoms with E-state index in [0.29, 0.717) is 0 Å². The number of pyridine rings is 4. The van der Waals surface area contributed by atoms with Crippen LogP contribution in [-0.2, 0) is 28.6 Å². The molecule has 4 aromatic rings. The number of aromatic nitrogens is 4. The minimum Gasteiger partial charge on any atom is -0.767 e. The van der Waals surface area contributed by atoms with Crippen LogP contribution < -0.4 is 30.1 Å². The van der Waals surface area contributed by atoms with Crippen LogP contribution in [0.5, 0.6) is 0 Å². The van der Waals surface area contributed by atoms with E-state index in [-0.39, 0.29) is 42.7 Å². The molecule has 12 nitrogen and oxygen atoms in total. The van der Waals surface area contributed by atoms with Gasteiger partial charge in [-0.15, -0.1) is 0 Å². The van der Waals surface area contributed by atoms with Gasteiger partial charge in [0.1, 0.15) is 23.3 Å². The monoisotopic (exact) mass is 562 g/mol. The maximum Gasteiger partial charge on any atom is 2.00 e. The molecule has 0 spiro atoms. The molecule has 4 heterocycles. The van der Waals surface area contributed by atoms with E-state index in [4.69, 9.17) is 0 Å². The Balaban J connectivity index is 0.000000240. The molecule has 0 bridgehead atoms. The van der Waals surface area contributed by atoms with Crippen LogP contribution in [0.15, 0.2) is 97.6 Å². The van der Waals surface area contributed by atoms with E-state index in [0.717, 1.165) is 0 Å². The van der Waals surface area contributed by atoms with Crippen LogP contribution in [-0.4, -0.2) is 19.9 Å². The van der Waals surface area contributed by atoms with Crippen LogP contribution in [0, 0.1) is 0 Å². The molecule has 0 aromatic carbocycles. The zero-order valence-corrected chi connectivity index (χ0v) is 23.0. The van der Waals surface area contributed by atoms with Crippen molar-refractivity contribution in [1.82, 2.24) is 19.9 Å². The molecule has 0 radical (unpaired) electrons. The summed E-state index contributed by atoms with van der Waals surface area (Å²) in [5, 5.41) is 9.22. The molecule has 15 heteroatoms. The first-order valence-electron chi connectivity index (χ1n) is 9.71. The van der Waals surface area contributed by atoms with Crippen LogP contribution in [0.4, 0.5) is 23.3 Å². The fraction of sp³-hybridized carbons (Fsp3) is 0. The standard InChI is InChI=1S/2C10H11N4O2P.Zn/c2*15-17(16,13-9-5-1-3-7-11-9)14-10-6-2-4-8-12-10;/h2*1-8H,(H3,11,12,13,14,15,16);/q;;+2/p-2. The maximum atomic E-state index is 11.7. The fourth-order valence-electron chi connectivity index (χ4n) is 2.37. The normalized spacial score (nSPS) is 10.6. The summed E-state index contributed by atoms with van der Waals surface area (Å²) in [6, 6.07) is 19.8. The van der Waals surface area contributed by atoms with Gasteiger partial charge in [0.15, 0.2) is 15.3 Å². The van der Waals surface area contributed by atoms with Crippen molar-refractivity contribution in [2.45, 2.75) is 0 Å². The van der Waals surface area contributed by atoms with Crippen molar-refractivity contribution in [1.29, 1.82) is 0 Å². The first kappa shape index (κ1) is 28.0. The molecule has 0 unspecified atom stereocenters. The smallest absolute Gasteiger partial charge is 0.767 e. The number of anilines is 4. The molecule has 176 valence electrons. The van der Waals surface area contributed by atoms with Gasteiger partial charge in [0.2, 0.25) is 0 Å². The summed E-state index contributed by atoms with van der Waals surface area (Å²) in [6.07, 6.45) is 6.01. The molecular weight excluding hydrogens is 544 g/mol. The van der Waals surface area contributed by atoms with E-state index in [1.807, 2.05) is 0 Å². The van der Waals surface area contributed by atoms with E-state index in [2.05, 4.69) is 40.3 Å². The van der Waals surface area contributed by atoms with Gasteiger partial charge in [0, 0.05) is 24.8 Å². The Hall–Kier alpha value is -3.20. The molecule has 0 aliphatic rings. The molecule has 0 saturated heterocycles. The van der Waals surface area contributed by atoms with Crippen molar-refractivity contribution in [3.63, 3.8) is 0 Å². The Kier molecular flexibility index (Phi) is 10.9. The number of nitrogens with one attached hydrogen (secondary N) is 4. The van der Waals surface area contributed by atoms with Crippen LogP contribution >= 0.6 is 15.3 Å². The Morgan fingerprint density at radius 3 is 0.886 bits per heavy atom. The predicted octanol–water partition coefficient (Wildman–Crippen LogP) is 2.94. The third kappa shape index (κ3) is 10.7. The van der Waals surface area contributed by atoms with E-state index < -0.39 is 15.3 Å². The molecule has 0 saturated carbocycles. The largest absolute Gasteiger partial charge is 2.00 e. The average molecular weight is 564 g/mol. The summed E-state index contributed by atoms with van der Waals surface area (Å²) >= 11 is 0. The van der Waals surface area contributed by atoms with Gasteiger partial charge in [0.05, 0.1) is 0 Å². The van der Waals surface area contributed by atoms with Crippen molar-refractivity contribution in [3.8, 4) is 0 Å². The Morgan fingerprint density at radius 1 is 0.486 bits per heavy atom. The number of hydrogen-bond donors (Lipinski definition) is 4. The van der Waals surface area contributed by atoms with E-state index >= 15 is 0 Å². The summed E-state index contributed by atoms with van der Waals surface area (Å²) in [5.41, 5.74) is 0. The van der Waals surface area contributed by atoms with E-state index in [1.54, 1.807) is 72.8 Å². The van der Waals surface area contributed by atoms with Crippen LogP contribution in [0.3, 0.4) is 0 Å². The Morgan fingerprint density at radius 2 is 0.714 bits per heavy atom. The average Bonchev–Trinajstić information content (AvgIpc) is 2.81. The second-order valence-electron chi connectivity index (χ2n) is 6.41. The van der Waals surface area contributed by atoms with Gasteiger partial charge >= 0.3 is 19.5 Å². The van der Waals surface area contributed by atoms with Crippen LogP contribution in [0.25, 0.3) is 0 Å². The van der Waals surface area contributed by atoms with Crippen molar-refractivity contribution in [2.75, 3.05) is 20.3 Å². The molecule has 4 N–H and O–H groups in total. The van der Waals surface area contributed by atoms with Gasteiger partial charge in [-0.05, 0) is 48.5 Å². The summed E-state index contributed by atoms with van der Waals surface area (Å²) in [4.78, 5) is 38.8. The summed E-state index contributed by atoms with van der Waals surface area (Å²) in [6.45, 7) is 0. The van der Waals surface area contributed by atoms with Gasteiger partial charge in [-0.25, -0.2) is 19.9 Å². The molecule has 4 rings (SSSR count). The maximum absolute atomic E-state index is 11.7.